The summed E-state index contributed by atoms with van der Waals surface area (Å²) in [6, 6.07) is 11.4. The quantitative estimate of drug-likeness (QED) is 0.742. The van der Waals surface area contributed by atoms with Gasteiger partial charge in [0.25, 0.3) is 5.56 Å². The highest BCUT2D eigenvalue weighted by molar-refractivity contribution is 5.54. The molecule has 22 heavy (non-hydrogen) atoms. The standard InChI is InChI=1S/C16H12FN3O2/c17-11-22-14-5-3-13(4-6-14)20-10-12(2-7-15(20)21)16-18-8-1-9-19-16/h1-10H,11H2. The Bertz CT molecular complexity index is 817. The van der Waals surface area contributed by atoms with Crippen molar-refractivity contribution in [1.29, 1.82) is 0 Å². The zero-order valence-electron chi connectivity index (χ0n) is 11.5. The maximum absolute atomic E-state index is 12.1. The van der Waals surface area contributed by atoms with Crippen LogP contribution in [0.1, 0.15) is 0 Å². The first kappa shape index (κ1) is 13.9. The lowest BCUT2D eigenvalue weighted by Crippen LogP contribution is -2.16. The van der Waals surface area contributed by atoms with E-state index in [-0.39, 0.29) is 5.56 Å². The summed E-state index contributed by atoms with van der Waals surface area (Å²) in [7, 11) is 0. The lowest BCUT2D eigenvalue weighted by molar-refractivity contribution is 0.192. The van der Waals surface area contributed by atoms with E-state index in [9.17, 15) is 9.18 Å². The largest absolute Gasteiger partial charge is 0.463 e. The summed E-state index contributed by atoms with van der Waals surface area (Å²) in [5.74, 6) is 0.940. The van der Waals surface area contributed by atoms with Crippen LogP contribution in [-0.4, -0.2) is 21.4 Å². The number of halogens is 1. The predicted octanol–water partition coefficient (Wildman–Crippen LogP) is 2.60. The molecule has 0 bridgehead atoms. The van der Waals surface area contributed by atoms with Crippen LogP contribution in [0.4, 0.5) is 4.39 Å². The normalized spacial score (nSPS) is 10.4. The minimum atomic E-state index is -0.889. The van der Waals surface area contributed by atoms with Crippen LogP contribution in [0, 0.1) is 0 Å². The van der Waals surface area contributed by atoms with E-state index in [2.05, 4.69) is 9.97 Å². The van der Waals surface area contributed by atoms with E-state index in [1.54, 1.807) is 55.0 Å². The summed E-state index contributed by atoms with van der Waals surface area (Å²) >= 11 is 0. The van der Waals surface area contributed by atoms with Gasteiger partial charge in [0.1, 0.15) is 5.75 Å². The molecule has 2 aromatic heterocycles. The second-order valence-corrected chi connectivity index (χ2v) is 4.45. The molecule has 0 aliphatic heterocycles. The first-order valence-corrected chi connectivity index (χ1v) is 6.57. The number of ether oxygens (including phenoxy) is 1. The van der Waals surface area contributed by atoms with Crippen molar-refractivity contribution < 1.29 is 9.13 Å². The fourth-order valence-corrected chi connectivity index (χ4v) is 2.04. The molecule has 5 nitrogen and oxygen atoms in total. The molecule has 0 aliphatic carbocycles. The van der Waals surface area contributed by atoms with Crippen LogP contribution in [0.5, 0.6) is 5.75 Å². The number of aromatic nitrogens is 3. The minimum Gasteiger partial charge on any atom is -0.463 e. The molecule has 0 atom stereocenters. The van der Waals surface area contributed by atoms with Gasteiger partial charge in [-0.25, -0.2) is 14.4 Å². The van der Waals surface area contributed by atoms with Crippen LogP contribution >= 0.6 is 0 Å². The van der Waals surface area contributed by atoms with E-state index in [4.69, 9.17) is 4.74 Å². The molecule has 0 N–H and O–H groups in total. The van der Waals surface area contributed by atoms with Gasteiger partial charge in [0, 0.05) is 35.9 Å². The summed E-state index contributed by atoms with van der Waals surface area (Å²) in [4.78, 5) is 20.4. The van der Waals surface area contributed by atoms with Gasteiger partial charge in [0.15, 0.2) is 5.82 Å². The Kier molecular flexibility index (Phi) is 3.91. The average molecular weight is 297 g/mol. The number of nitrogens with zero attached hydrogens (tertiary/aromatic N) is 3. The topological polar surface area (TPSA) is 57.0 Å². The van der Waals surface area contributed by atoms with E-state index in [1.165, 1.54) is 10.6 Å². The smallest absolute Gasteiger partial charge is 0.255 e. The molecular formula is C16H12FN3O2. The van der Waals surface area contributed by atoms with Crippen LogP contribution in [0.3, 0.4) is 0 Å². The van der Waals surface area contributed by atoms with Gasteiger partial charge >= 0.3 is 0 Å². The van der Waals surface area contributed by atoms with E-state index < -0.39 is 6.86 Å². The molecule has 0 spiro atoms. The van der Waals surface area contributed by atoms with Gasteiger partial charge in [0.05, 0.1) is 0 Å². The van der Waals surface area contributed by atoms with Crippen LogP contribution < -0.4 is 10.3 Å². The number of alkyl halides is 1. The molecule has 0 amide bonds. The van der Waals surface area contributed by atoms with Crippen LogP contribution in [0.25, 0.3) is 17.1 Å². The first-order valence-electron chi connectivity index (χ1n) is 6.57. The molecule has 3 rings (SSSR count). The monoisotopic (exact) mass is 297 g/mol. The SMILES string of the molecule is O=c1ccc(-c2ncccn2)cn1-c1ccc(OCF)cc1. The highest BCUT2D eigenvalue weighted by Crippen LogP contribution is 2.17. The third kappa shape index (κ3) is 2.85. The fourth-order valence-electron chi connectivity index (χ4n) is 2.04. The number of rotatable bonds is 4. The Morgan fingerprint density at radius 3 is 2.45 bits per heavy atom. The molecule has 1 aromatic carbocycles. The van der Waals surface area contributed by atoms with Gasteiger partial charge in [-0.1, -0.05) is 0 Å². The lowest BCUT2D eigenvalue weighted by atomic mass is 10.2. The lowest BCUT2D eigenvalue weighted by Gasteiger charge is -2.08. The molecule has 2 heterocycles. The molecule has 0 unspecified atom stereocenters. The van der Waals surface area contributed by atoms with Gasteiger partial charge in [-0.15, -0.1) is 0 Å². The molecule has 0 saturated heterocycles. The molecule has 110 valence electrons. The molecule has 6 heteroatoms. The van der Waals surface area contributed by atoms with Gasteiger partial charge in [0.2, 0.25) is 6.86 Å². The molecule has 0 saturated carbocycles. The number of pyridine rings is 1. The van der Waals surface area contributed by atoms with E-state index in [1.807, 2.05) is 0 Å². The molecule has 0 aliphatic rings. The van der Waals surface area contributed by atoms with Crippen molar-refractivity contribution >= 4 is 0 Å². The Balaban J connectivity index is 2.01. The zero-order valence-corrected chi connectivity index (χ0v) is 11.5. The minimum absolute atomic E-state index is 0.182. The zero-order chi connectivity index (χ0) is 15.4. The summed E-state index contributed by atoms with van der Waals surface area (Å²) in [5, 5.41) is 0. The Morgan fingerprint density at radius 2 is 1.77 bits per heavy atom. The maximum Gasteiger partial charge on any atom is 0.255 e. The summed E-state index contributed by atoms with van der Waals surface area (Å²) < 4.78 is 18.3. The molecule has 0 radical (unpaired) electrons. The third-order valence-corrected chi connectivity index (χ3v) is 3.07. The van der Waals surface area contributed by atoms with E-state index in [0.717, 1.165) is 5.56 Å². The third-order valence-electron chi connectivity index (χ3n) is 3.07. The van der Waals surface area contributed by atoms with Gasteiger partial charge in [-0.05, 0) is 36.4 Å². The first-order chi connectivity index (χ1) is 10.8. The Hall–Kier alpha value is -3.02. The predicted molar refractivity (Wildman–Crippen MR) is 79.7 cm³/mol. The Labute approximate surface area is 125 Å². The summed E-state index contributed by atoms with van der Waals surface area (Å²) in [6.07, 6.45) is 4.95. The highest BCUT2D eigenvalue weighted by atomic mass is 19.1. The summed E-state index contributed by atoms with van der Waals surface area (Å²) in [6.45, 7) is -0.889. The second-order valence-electron chi connectivity index (χ2n) is 4.45. The van der Waals surface area contributed by atoms with E-state index in [0.29, 0.717) is 17.3 Å². The number of hydrogen-bond acceptors (Lipinski definition) is 4. The fraction of sp³-hybridized carbons (Fsp3) is 0.0625. The molecular weight excluding hydrogens is 285 g/mol. The van der Waals surface area contributed by atoms with Crippen LogP contribution in [0.2, 0.25) is 0 Å². The van der Waals surface area contributed by atoms with Crippen molar-refractivity contribution in [3.8, 4) is 22.8 Å². The van der Waals surface area contributed by atoms with Crippen molar-refractivity contribution in [1.82, 2.24) is 14.5 Å². The molecule has 3 aromatic rings. The van der Waals surface area contributed by atoms with Crippen LogP contribution in [-0.2, 0) is 0 Å². The van der Waals surface area contributed by atoms with Crippen molar-refractivity contribution in [3.05, 3.63) is 71.4 Å². The van der Waals surface area contributed by atoms with Gasteiger partial charge < -0.3 is 4.74 Å². The Morgan fingerprint density at radius 1 is 1.05 bits per heavy atom. The summed E-state index contributed by atoms with van der Waals surface area (Å²) in [5.41, 5.74) is 1.19. The molecule has 0 fully saturated rings. The van der Waals surface area contributed by atoms with Crippen LogP contribution in [0.15, 0.2) is 65.8 Å². The average Bonchev–Trinajstić information content (AvgIpc) is 2.57. The van der Waals surface area contributed by atoms with Crippen molar-refractivity contribution in [2.45, 2.75) is 0 Å². The number of benzene rings is 1. The van der Waals surface area contributed by atoms with Crippen molar-refractivity contribution in [2.75, 3.05) is 6.86 Å². The van der Waals surface area contributed by atoms with Gasteiger partial charge in [-0.3, -0.25) is 9.36 Å². The highest BCUT2D eigenvalue weighted by Gasteiger charge is 2.05. The second kappa shape index (κ2) is 6.17. The van der Waals surface area contributed by atoms with Gasteiger partial charge in [-0.2, -0.15) is 0 Å². The van der Waals surface area contributed by atoms with E-state index >= 15 is 0 Å². The number of hydrogen-bond donors (Lipinski definition) is 0. The van der Waals surface area contributed by atoms with Crippen molar-refractivity contribution in [3.63, 3.8) is 0 Å². The van der Waals surface area contributed by atoms with Crippen molar-refractivity contribution in [2.24, 2.45) is 0 Å². The maximum atomic E-state index is 12.1.